The van der Waals surface area contributed by atoms with Crippen LogP contribution in [0.25, 0.3) is 10.9 Å². The number of carbonyl (C=O) groups excluding carboxylic acids is 2. The summed E-state index contributed by atoms with van der Waals surface area (Å²) in [6.07, 6.45) is 0.418. The highest BCUT2D eigenvalue weighted by atomic mass is 127. The van der Waals surface area contributed by atoms with Gasteiger partial charge >= 0.3 is 5.97 Å². The summed E-state index contributed by atoms with van der Waals surface area (Å²) in [5.74, 6) is -1.07. The second kappa shape index (κ2) is 13.0. The first-order valence-corrected chi connectivity index (χ1v) is 15.2. The second-order valence-electron chi connectivity index (χ2n) is 11.8. The molecule has 0 saturated heterocycles. The van der Waals surface area contributed by atoms with Crippen LogP contribution in [-0.4, -0.2) is 29.2 Å². The molecule has 228 valence electrons. The maximum atomic E-state index is 14.7. The molecule has 4 rings (SSSR count). The molecule has 9 heteroatoms. The number of esters is 1. The van der Waals surface area contributed by atoms with Crippen molar-refractivity contribution in [1.82, 2.24) is 9.88 Å². The number of fused-ring (bicyclic) bond motifs is 1. The number of nitrogens with zero attached hydrogens (tertiary/aromatic N) is 1. The van der Waals surface area contributed by atoms with E-state index in [1.54, 1.807) is 26.0 Å². The van der Waals surface area contributed by atoms with Gasteiger partial charge in [0, 0.05) is 44.8 Å². The number of hydrogen-bond donors (Lipinski definition) is 1. The maximum absolute atomic E-state index is 14.7. The van der Waals surface area contributed by atoms with Gasteiger partial charge in [0.2, 0.25) is 0 Å². The molecule has 1 aromatic heterocycles. The van der Waals surface area contributed by atoms with Crippen molar-refractivity contribution in [3.63, 3.8) is 0 Å². The first kappa shape index (κ1) is 32.4. The third-order valence-electron chi connectivity index (χ3n) is 7.36. The summed E-state index contributed by atoms with van der Waals surface area (Å²) >= 11 is 2.06. The third-order valence-corrected chi connectivity index (χ3v) is 7.98. The minimum atomic E-state index is -1.29. The molecule has 0 saturated carbocycles. The Labute approximate surface area is 264 Å². The van der Waals surface area contributed by atoms with Crippen molar-refractivity contribution in [2.24, 2.45) is 5.92 Å². The van der Waals surface area contributed by atoms with Crippen molar-refractivity contribution in [1.29, 1.82) is 0 Å². The van der Waals surface area contributed by atoms with Crippen LogP contribution in [0.1, 0.15) is 73.4 Å². The van der Waals surface area contributed by atoms with Crippen molar-refractivity contribution in [3.05, 3.63) is 97.7 Å². The number of amides is 1. The largest absolute Gasteiger partial charge is 0.476 e. The summed E-state index contributed by atoms with van der Waals surface area (Å²) in [7, 11) is 1.28. The Hall–Kier alpha value is -3.47. The number of halogens is 3. The molecule has 0 radical (unpaired) electrons. The van der Waals surface area contributed by atoms with Crippen molar-refractivity contribution in [2.45, 2.75) is 66.2 Å². The fourth-order valence-electron chi connectivity index (χ4n) is 5.27. The SMILES string of the molecule is COC(=O)C(C)(C)Oc1cc(F)cc(Cc2c(C)n(CC(C)C)c3cc(C(=O)N[C@@H](C)c4cc(F)cc(I)c4)ccc23)c1. The van der Waals surface area contributed by atoms with Gasteiger partial charge in [0.05, 0.1) is 13.2 Å². The van der Waals surface area contributed by atoms with Crippen LogP contribution in [0.15, 0.2) is 54.6 Å². The van der Waals surface area contributed by atoms with E-state index < -0.39 is 17.4 Å². The molecule has 4 aromatic rings. The third kappa shape index (κ3) is 7.55. The Bertz CT molecular complexity index is 1660. The summed E-state index contributed by atoms with van der Waals surface area (Å²) in [4.78, 5) is 25.4. The molecule has 0 fully saturated rings. The average molecular weight is 703 g/mol. The van der Waals surface area contributed by atoms with Crippen LogP contribution in [0, 0.1) is 28.0 Å². The lowest BCUT2D eigenvalue weighted by Crippen LogP contribution is -2.39. The normalized spacial score (nSPS) is 12.4. The van der Waals surface area contributed by atoms with Gasteiger partial charge in [-0.25, -0.2) is 13.6 Å². The number of hydrogen-bond acceptors (Lipinski definition) is 4. The van der Waals surface area contributed by atoms with Gasteiger partial charge in [-0.15, -0.1) is 0 Å². The number of aromatic nitrogens is 1. The Morgan fingerprint density at radius 3 is 2.35 bits per heavy atom. The van der Waals surface area contributed by atoms with E-state index in [1.807, 2.05) is 32.0 Å². The topological polar surface area (TPSA) is 69.6 Å². The van der Waals surface area contributed by atoms with Crippen LogP contribution in [0.3, 0.4) is 0 Å². The van der Waals surface area contributed by atoms with Gasteiger partial charge in [0.25, 0.3) is 5.91 Å². The number of nitrogens with one attached hydrogen (secondary N) is 1. The summed E-state index contributed by atoms with van der Waals surface area (Å²) in [6, 6.07) is 14.4. The molecule has 0 bridgehead atoms. The van der Waals surface area contributed by atoms with E-state index in [9.17, 15) is 18.4 Å². The van der Waals surface area contributed by atoms with E-state index in [4.69, 9.17) is 9.47 Å². The minimum absolute atomic E-state index is 0.232. The van der Waals surface area contributed by atoms with Gasteiger partial charge in [-0.05, 0) is 115 Å². The summed E-state index contributed by atoms with van der Waals surface area (Å²) in [5, 5.41) is 3.95. The molecule has 43 heavy (non-hydrogen) atoms. The van der Waals surface area contributed by atoms with Gasteiger partial charge in [-0.1, -0.05) is 19.9 Å². The molecular formula is C34H37F2IN2O4. The Morgan fingerprint density at radius 2 is 1.70 bits per heavy atom. The Balaban J connectivity index is 1.68. The van der Waals surface area contributed by atoms with E-state index in [2.05, 4.69) is 46.3 Å². The number of rotatable bonds is 10. The van der Waals surface area contributed by atoms with Crippen molar-refractivity contribution in [3.8, 4) is 5.75 Å². The molecule has 0 spiro atoms. The summed E-state index contributed by atoms with van der Waals surface area (Å²) in [5.41, 5.74) is 3.51. The molecule has 3 aromatic carbocycles. The monoisotopic (exact) mass is 702 g/mol. The molecule has 1 atom stereocenters. The predicted molar refractivity (Wildman–Crippen MR) is 172 cm³/mol. The quantitative estimate of drug-likeness (QED) is 0.135. The van der Waals surface area contributed by atoms with Crippen LogP contribution in [0.2, 0.25) is 0 Å². The molecular weight excluding hydrogens is 665 g/mol. The Morgan fingerprint density at radius 1 is 1.00 bits per heavy atom. The molecule has 0 aliphatic rings. The standard InChI is InChI=1S/C34H37F2IN2O4/c1-19(2)18-39-21(4)30(12-22-10-25(35)17-28(11-22)43-34(5,6)33(41)42-7)29-9-8-23(15-31(29)39)32(40)38-20(3)24-13-26(36)16-27(37)14-24/h8-11,13-17,19-20H,12,18H2,1-7H3,(H,38,40)/t20-/m0/s1. The average Bonchev–Trinajstić information content (AvgIpc) is 3.16. The highest BCUT2D eigenvalue weighted by Gasteiger charge is 2.31. The van der Waals surface area contributed by atoms with Gasteiger partial charge in [-0.2, -0.15) is 0 Å². The van der Waals surface area contributed by atoms with E-state index in [0.29, 0.717) is 29.0 Å². The molecule has 1 amide bonds. The zero-order valence-electron chi connectivity index (χ0n) is 25.5. The first-order chi connectivity index (χ1) is 20.2. The van der Waals surface area contributed by atoms with Gasteiger partial charge in [-0.3, -0.25) is 4.79 Å². The zero-order chi connectivity index (χ0) is 31.6. The lowest BCUT2D eigenvalue weighted by molar-refractivity contribution is -0.156. The van der Waals surface area contributed by atoms with E-state index in [1.165, 1.54) is 31.4 Å². The number of benzene rings is 3. The molecule has 0 aliphatic carbocycles. The Kier molecular flexibility index (Phi) is 9.83. The van der Waals surface area contributed by atoms with Crippen LogP contribution in [0.5, 0.6) is 5.75 Å². The molecule has 6 nitrogen and oxygen atoms in total. The van der Waals surface area contributed by atoms with Gasteiger partial charge in [0.1, 0.15) is 17.4 Å². The second-order valence-corrected chi connectivity index (χ2v) is 13.0. The molecule has 0 aliphatic heterocycles. The molecule has 0 unspecified atom stereocenters. The fourth-order valence-corrected chi connectivity index (χ4v) is 5.93. The lowest BCUT2D eigenvalue weighted by atomic mass is 10.0. The number of methoxy groups -OCH3 is 1. The van der Waals surface area contributed by atoms with Crippen LogP contribution >= 0.6 is 22.6 Å². The van der Waals surface area contributed by atoms with E-state index >= 15 is 0 Å². The van der Waals surface area contributed by atoms with E-state index in [-0.39, 0.29) is 23.5 Å². The predicted octanol–water partition coefficient (Wildman–Crippen LogP) is 7.90. The molecule has 1 N–H and O–H groups in total. The minimum Gasteiger partial charge on any atom is -0.476 e. The highest BCUT2D eigenvalue weighted by Crippen LogP contribution is 2.32. The van der Waals surface area contributed by atoms with Crippen molar-refractivity contribution in [2.75, 3.05) is 7.11 Å². The van der Waals surface area contributed by atoms with Crippen LogP contribution in [-0.2, 0) is 22.5 Å². The van der Waals surface area contributed by atoms with Crippen molar-refractivity contribution < 1.29 is 27.8 Å². The maximum Gasteiger partial charge on any atom is 0.349 e. The van der Waals surface area contributed by atoms with Gasteiger partial charge in [0.15, 0.2) is 5.60 Å². The van der Waals surface area contributed by atoms with E-state index in [0.717, 1.165) is 32.3 Å². The smallest absolute Gasteiger partial charge is 0.349 e. The van der Waals surface area contributed by atoms with Crippen LogP contribution < -0.4 is 10.1 Å². The lowest BCUT2D eigenvalue weighted by Gasteiger charge is -2.23. The number of ether oxygens (including phenoxy) is 2. The van der Waals surface area contributed by atoms with Gasteiger partial charge < -0.3 is 19.4 Å². The summed E-state index contributed by atoms with van der Waals surface area (Å²) < 4.78 is 42.3. The number of carbonyl (C=O) groups is 2. The highest BCUT2D eigenvalue weighted by molar-refractivity contribution is 14.1. The zero-order valence-corrected chi connectivity index (χ0v) is 27.6. The molecule has 1 heterocycles. The first-order valence-electron chi connectivity index (χ1n) is 14.1. The van der Waals surface area contributed by atoms with Crippen molar-refractivity contribution >= 4 is 45.4 Å². The van der Waals surface area contributed by atoms with Crippen LogP contribution in [0.4, 0.5) is 8.78 Å². The fraction of sp³-hybridized carbons (Fsp3) is 0.353. The summed E-state index contributed by atoms with van der Waals surface area (Å²) in [6.45, 7) is 12.0.